The van der Waals surface area contributed by atoms with Crippen molar-refractivity contribution in [2.45, 2.75) is 26.1 Å². The molecular formula is C9H13F3N2O4. The summed E-state index contributed by atoms with van der Waals surface area (Å²) in [5.41, 5.74) is 6.31. The smallest absolute Gasteiger partial charge is 0.479 e. The van der Waals surface area contributed by atoms with E-state index in [1.807, 2.05) is 13.8 Å². The summed E-state index contributed by atoms with van der Waals surface area (Å²) in [4.78, 5) is 8.90. The van der Waals surface area contributed by atoms with E-state index in [-0.39, 0.29) is 12.0 Å². The van der Waals surface area contributed by atoms with Gasteiger partial charge < -0.3 is 20.5 Å². The topological polar surface area (TPSA) is 110 Å². The fourth-order valence-corrected chi connectivity index (χ4v) is 0.777. The van der Waals surface area contributed by atoms with Gasteiger partial charge in [0.05, 0.1) is 6.04 Å². The molecule has 4 N–H and O–H groups in total. The van der Waals surface area contributed by atoms with Crippen LogP contribution in [-0.4, -0.2) is 27.5 Å². The van der Waals surface area contributed by atoms with Crippen molar-refractivity contribution >= 4 is 5.97 Å². The molecule has 9 heteroatoms. The maximum Gasteiger partial charge on any atom is 0.490 e. The number of nitrogens with zero attached hydrogens (tertiary/aromatic N) is 1. The number of carboxylic acids is 1. The van der Waals surface area contributed by atoms with Crippen LogP contribution in [0.2, 0.25) is 0 Å². The Kier molecular flexibility index (Phi) is 5.63. The van der Waals surface area contributed by atoms with Crippen LogP contribution in [0.5, 0.6) is 5.95 Å². The van der Waals surface area contributed by atoms with Crippen LogP contribution in [0.25, 0.3) is 0 Å². The van der Waals surface area contributed by atoms with E-state index in [0.717, 1.165) is 0 Å². The summed E-state index contributed by atoms with van der Waals surface area (Å²) in [7, 11) is 0. The number of nitrogens with two attached hydrogens (primary N) is 1. The highest BCUT2D eigenvalue weighted by Crippen LogP contribution is 2.20. The molecule has 6 nitrogen and oxygen atoms in total. The van der Waals surface area contributed by atoms with Crippen molar-refractivity contribution in [3.8, 4) is 5.95 Å². The minimum atomic E-state index is -5.08. The lowest BCUT2D eigenvalue weighted by Gasteiger charge is -2.10. The van der Waals surface area contributed by atoms with Gasteiger partial charge in [-0.3, -0.25) is 0 Å². The predicted octanol–water partition coefficient (Wildman–Crippen LogP) is 1.67. The minimum Gasteiger partial charge on any atom is -0.479 e. The lowest BCUT2D eigenvalue weighted by atomic mass is 10.0. The van der Waals surface area contributed by atoms with Crippen LogP contribution < -0.4 is 5.73 Å². The number of aromatic hydroxyl groups is 1. The van der Waals surface area contributed by atoms with E-state index in [2.05, 4.69) is 9.68 Å². The second-order valence-electron chi connectivity index (χ2n) is 3.66. The number of carbonyl (C=O) groups is 1. The van der Waals surface area contributed by atoms with Gasteiger partial charge in [0.1, 0.15) is 5.69 Å². The summed E-state index contributed by atoms with van der Waals surface area (Å²) in [6, 6.07) is 1.27. The Bertz CT molecular complexity index is 389. The van der Waals surface area contributed by atoms with E-state index in [1.54, 1.807) is 0 Å². The van der Waals surface area contributed by atoms with E-state index in [0.29, 0.717) is 11.6 Å². The first-order chi connectivity index (χ1) is 8.05. The second kappa shape index (κ2) is 6.24. The van der Waals surface area contributed by atoms with Gasteiger partial charge in [0, 0.05) is 6.07 Å². The Labute approximate surface area is 100 Å². The van der Waals surface area contributed by atoms with Crippen molar-refractivity contribution in [2.75, 3.05) is 0 Å². The van der Waals surface area contributed by atoms with Gasteiger partial charge in [-0.05, 0) is 5.92 Å². The SMILES string of the molecule is CC(C)[C@H](N)c1cc(O)on1.O=C(O)C(F)(F)F. The van der Waals surface area contributed by atoms with Crippen molar-refractivity contribution < 1.29 is 32.7 Å². The maximum absolute atomic E-state index is 10.6. The van der Waals surface area contributed by atoms with E-state index in [1.165, 1.54) is 6.07 Å². The summed E-state index contributed by atoms with van der Waals surface area (Å²) in [6.07, 6.45) is -5.08. The van der Waals surface area contributed by atoms with Gasteiger partial charge in [-0.1, -0.05) is 19.0 Å². The lowest BCUT2D eigenvalue weighted by molar-refractivity contribution is -0.192. The Morgan fingerprint density at radius 3 is 2.17 bits per heavy atom. The highest BCUT2D eigenvalue weighted by molar-refractivity contribution is 5.73. The monoisotopic (exact) mass is 270 g/mol. The zero-order chi connectivity index (χ0) is 14.5. The molecule has 0 radical (unpaired) electrons. The van der Waals surface area contributed by atoms with E-state index < -0.39 is 12.1 Å². The molecule has 18 heavy (non-hydrogen) atoms. The van der Waals surface area contributed by atoms with E-state index >= 15 is 0 Å². The van der Waals surface area contributed by atoms with Crippen molar-refractivity contribution in [1.29, 1.82) is 0 Å². The first-order valence-corrected chi connectivity index (χ1v) is 4.77. The quantitative estimate of drug-likeness (QED) is 0.754. The number of carboxylic acid groups (broad SMARTS) is 1. The third-order valence-electron chi connectivity index (χ3n) is 1.82. The van der Waals surface area contributed by atoms with Gasteiger partial charge in [0.15, 0.2) is 0 Å². The molecule has 0 aromatic carbocycles. The van der Waals surface area contributed by atoms with Gasteiger partial charge in [0.2, 0.25) is 0 Å². The molecule has 0 aliphatic heterocycles. The first kappa shape index (κ1) is 16.2. The Morgan fingerprint density at radius 1 is 1.50 bits per heavy atom. The zero-order valence-electron chi connectivity index (χ0n) is 9.60. The minimum absolute atomic E-state index is 0.167. The average Bonchev–Trinajstić information content (AvgIpc) is 2.63. The Morgan fingerprint density at radius 2 is 1.94 bits per heavy atom. The molecule has 0 unspecified atom stereocenters. The van der Waals surface area contributed by atoms with Crippen LogP contribution in [0.3, 0.4) is 0 Å². The number of rotatable bonds is 2. The average molecular weight is 270 g/mol. The van der Waals surface area contributed by atoms with Crippen LogP contribution in [0.15, 0.2) is 10.6 Å². The number of aliphatic carboxylic acids is 1. The van der Waals surface area contributed by atoms with Crippen molar-refractivity contribution in [3.63, 3.8) is 0 Å². The first-order valence-electron chi connectivity index (χ1n) is 4.77. The summed E-state index contributed by atoms with van der Waals surface area (Å²) < 4.78 is 36.2. The van der Waals surface area contributed by atoms with Crippen molar-refractivity contribution in [1.82, 2.24) is 5.16 Å². The van der Waals surface area contributed by atoms with E-state index in [4.69, 9.17) is 20.7 Å². The molecule has 0 spiro atoms. The van der Waals surface area contributed by atoms with Gasteiger partial charge in [-0.2, -0.15) is 13.2 Å². The molecule has 104 valence electrons. The molecule has 0 amide bonds. The normalized spacial score (nSPS) is 12.8. The number of hydrogen-bond donors (Lipinski definition) is 3. The summed E-state index contributed by atoms with van der Waals surface area (Å²) >= 11 is 0. The Balaban J connectivity index is 0.000000360. The lowest BCUT2D eigenvalue weighted by Crippen LogP contribution is -2.21. The molecular weight excluding hydrogens is 257 g/mol. The van der Waals surface area contributed by atoms with Crippen LogP contribution >= 0.6 is 0 Å². The molecule has 0 aliphatic rings. The van der Waals surface area contributed by atoms with Gasteiger partial charge >= 0.3 is 18.1 Å². The number of hydrogen-bond acceptors (Lipinski definition) is 5. The predicted molar refractivity (Wildman–Crippen MR) is 53.6 cm³/mol. The summed E-state index contributed by atoms with van der Waals surface area (Å²) in [5.74, 6) is -2.65. The van der Waals surface area contributed by atoms with Gasteiger partial charge in [-0.25, -0.2) is 4.79 Å². The van der Waals surface area contributed by atoms with Gasteiger partial charge in [-0.15, -0.1) is 0 Å². The Hall–Kier alpha value is -1.77. The number of aromatic nitrogens is 1. The molecule has 1 heterocycles. The van der Waals surface area contributed by atoms with Crippen LogP contribution in [0.4, 0.5) is 13.2 Å². The van der Waals surface area contributed by atoms with Crippen molar-refractivity contribution in [3.05, 3.63) is 11.8 Å². The third-order valence-corrected chi connectivity index (χ3v) is 1.82. The molecule has 0 saturated carbocycles. The van der Waals surface area contributed by atoms with Crippen molar-refractivity contribution in [2.24, 2.45) is 11.7 Å². The molecule has 0 aliphatic carbocycles. The summed E-state index contributed by atoms with van der Waals surface area (Å²) in [5, 5.41) is 19.5. The van der Waals surface area contributed by atoms with E-state index in [9.17, 15) is 13.2 Å². The molecule has 1 aromatic rings. The standard InChI is InChI=1S/C7H12N2O2.C2HF3O2/c1-4(2)7(8)5-3-6(10)11-9-5;3-2(4,5)1(6)7/h3-4,7,10H,8H2,1-2H3;(H,6,7)/t7-;/m0./s1. The molecule has 0 bridgehead atoms. The fraction of sp³-hybridized carbons (Fsp3) is 0.556. The third kappa shape index (κ3) is 5.53. The number of halogens is 3. The second-order valence-corrected chi connectivity index (χ2v) is 3.66. The summed E-state index contributed by atoms with van der Waals surface area (Å²) in [6.45, 7) is 3.97. The van der Waals surface area contributed by atoms with Gasteiger partial charge in [0.25, 0.3) is 0 Å². The van der Waals surface area contributed by atoms with Crippen LogP contribution in [0.1, 0.15) is 25.6 Å². The highest BCUT2D eigenvalue weighted by Gasteiger charge is 2.38. The molecule has 1 rings (SSSR count). The number of alkyl halides is 3. The largest absolute Gasteiger partial charge is 0.490 e. The molecule has 1 atom stereocenters. The molecule has 1 aromatic heterocycles. The highest BCUT2D eigenvalue weighted by atomic mass is 19.4. The zero-order valence-corrected chi connectivity index (χ0v) is 9.60. The van der Waals surface area contributed by atoms with Crippen LogP contribution in [-0.2, 0) is 4.79 Å². The fourth-order valence-electron chi connectivity index (χ4n) is 0.777. The van der Waals surface area contributed by atoms with Crippen LogP contribution in [0, 0.1) is 5.92 Å². The molecule has 0 saturated heterocycles. The molecule has 0 fully saturated rings. The maximum atomic E-state index is 10.6.